The fourth-order valence-corrected chi connectivity index (χ4v) is 2.51. The quantitative estimate of drug-likeness (QED) is 0.791. The minimum Gasteiger partial charge on any atom is -0.300 e. The van der Waals surface area contributed by atoms with Crippen LogP contribution in [0.4, 0.5) is 5.13 Å². The molecule has 1 amide bonds. The monoisotopic (exact) mass is 327 g/mol. The molecule has 0 saturated carbocycles. The number of nitrogens with zero attached hydrogens (tertiary/aromatic N) is 4. The van der Waals surface area contributed by atoms with Crippen molar-refractivity contribution in [2.75, 3.05) is 5.32 Å². The molecule has 1 N–H and O–H groups in total. The molecule has 0 aliphatic carbocycles. The number of amides is 1. The predicted molar refractivity (Wildman–Crippen MR) is 87.2 cm³/mol. The average molecular weight is 327 g/mol. The Morgan fingerprint density at radius 3 is 2.87 bits per heavy atom. The lowest BCUT2D eigenvalue weighted by atomic mass is 10.2. The zero-order valence-electron chi connectivity index (χ0n) is 12.2. The minimum absolute atomic E-state index is 0.348. The molecule has 8 heteroatoms. The minimum atomic E-state index is -0.761. The maximum atomic E-state index is 12.3. The molecular formula is C15H13N5O2S. The Labute approximate surface area is 135 Å². The van der Waals surface area contributed by atoms with E-state index < -0.39 is 6.04 Å². The highest BCUT2D eigenvalue weighted by molar-refractivity contribution is 7.13. The predicted octanol–water partition coefficient (Wildman–Crippen LogP) is 1.96. The number of rotatable bonds is 4. The molecule has 0 aliphatic rings. The van der Waals surface area contributed by atoms with Crippen molar-refractivity contribution in [2.24, 2.45) is 0 Å². The van der Waals surface area contributed by atoms with Gasteiger partial charge in [-0.2, -0.15) is 5.10 Å². The molecule has 0 fully saturated rings. The van der Waals surface area contributed by atoms with Gasteiger partial charge < -0.3 is 5.32 Å². The fourth-order valence-electron chi connectivity index (χ4n) is 1.98. The van der Waals surface area contributed by atoms with Gasteiger partial charge in [0.05, 0.1) is 5.69 Å². The summed E-state index contributed by atoms with van der Waals surface area (Å²) < 4.78 is 1.16. The van der Waals surface area contributed by atoms with Crippen molar-refractivity contribution in [1.29, 1.82) is 0 Å². The molecule has 3 aromatic rings. The van der Waals surface area contributed by atoms with Crippen LogP contribution >= 0.6 is 11.3 Å². The summed E-state index contributed by atoms with van der Waals surface area (Å²) in [7, 11) is 0. The highest BCUT2D eigenvalue weighted by atomic mass is 32.1. The third kappa shape index (κ3) is 3.32. The van der Waals surface area contributed by atoms with Gasteiger partial charge in [0.15, 0.2) is 5.13 Å². The molecule has 3 rings (SSSR count). The van der Waals surface area contributed by atoms with Crippen LogP contribution in [0.15, 0.2) is 53.0 Å². The molecule has 23 heavy (non-hydrogen) atoms. The Morgan fingerprint density at radius 1 is 1.30 bits per heavy atom. The molecule has 0 aliphatic heterocycles. The number of aromatic nitrogens is 4. The summed E-state index contributed by atoms with van der Waals surface area (Å²) in [6.45, 7) is 1.62. The van der Waals surface area contributed by atoms with Crippen molar-refractivity contribution < 1.29 is 4.79 Å². The molecule has 116 valence electrons. The highest BCUT2D eigenvalue weighted by Gasteiger charge is 2.19. The smallest absolute Gasteiger partial charge is 0.267 e. The van der Waals surface area contributed by atoms with Gasteiger partial charge in [0.2, 0.25) is 0 Å². The van der Waals surface area contributed by atoms with E-state index in [1.807, 2.05) is 6.07 Å². The fraction of sp³-hybridized carbons (Fsp3) is 0.133. The van der Waals surface area contributed by atoms with Crippen molar-refractivity contribution in [3.8, 4) is 11.3 Å². The van der Waals surface area contributed by atoms with Gasteiger partial charge in [-0.05, 0) is 25.1 Å². The standard InChI is InChI=1S/C15H13N5O2S/c1-10(14(22)18-15-17-7-8-23-15)20-13(21)5-4-12(19-20)11-3-2-6-16-9-11/h2-10H,1H3,(H,17,18,22). The Hall–Kier alpha value is -2.87. The van der Waals surface area contributed by atoms with Gasteiger partial charge in [0.25, 0.3) is 11.5 Å². The summed E-state index contributed by atoms with van der Waals surface area (Å²) in [5, 5.41) is 9.18. The Bertz CT molecular complexity index is 861. The first-order valence-electron chi connectivity index (χ1n) is 6.86. The maximum Gasteiger partial charge on any atom is 0.267 e. The maximum absolute atomic E-state index is 12.3. The van der Waals surface area contributed by atoms with Crippen LogP contribution in [0.25, 0.3) is 11.3 Å². The number of pyridine rings is 1. The number of hydrogen-bond donors (Lipinski definition) is 1. The first kappa shape index (κ1) is 15.0. The molecule has 0 saturated heterocycles. The zero-order chi connectivity index (χ0) is 16.2. The van der Waals surface area contributed by atoms with Crippen LogP contribution in [0.3, 0.4) is 0 Å². The molecule has 0 aromatic carbocycles. The van der Waals surface area contributed by atoms with Gasteiger partial charge in [-0.25, -0.2) is 9.67 Å². The van der Waals surface area contributed by atoms with Crippen molar-refractivity contribution in [3.05, 3.63) is 58.6 Å². The lowest BCUT2D eigenvalue weighted by Crippen LogP contribution is -2.33. The zero-order valence-corrected chi connectivity index (χ0v) is 13.0. The second kappa shape index (κ2) is 6.49. The van der Waals surface area contributed by atoms with E-state index in [1.165, 1.54) is 17.4 Å². The summed E-state index contributed by atoms with van der Waals surface area (Å²) in [5.74, 6) is -0.349. The van der Waals surface area contributed by atoms with E-state index in [0.29, 0.717) is 10.8 Å². The van der Waals surface area contributed by atoms with Gasteiger partial charge in [0.1, 0.15) is 6.04 Å². The third-order valence-corrected chi connectivity index (χ3v) is 3.88. The van der Waals surface area contributed by atoms with Gasteiger partial charge in [-0.3, -0.25) is 14.6 Å². The number of nitrogens with one attached hydrogen (secondary N) is 1. The van der Waals surface area contributed by atoms with E-state index in [4.69, 9.17) is 0 Å². The van der Waals surface area contributed by atoms with Gasteiger partial charge in [0, 0.05) is 35.6 Å². The van der Waals surface area contributed by atoms with Crippen LogP contribution in [0.2, 0.25) is 0 Å². The van der Waals surface area contributed by atoms with Crippen molar-refractivity contribution in [1.82, 2.24) is 19.7 Å². The molecular weight excluding hydrogens is 314 g/mol. The Kier molecular flexibility index (Phi) is 4.24. The SMILES string of the molecule is CC(C(=O)Nc1nccs1)n1nc(-c2cccnc2)ccc1=O. The second-order valence-electron chi connectivity index (χ2n) is 4.75. The lowest BCUT2D eigenvalue weighted by Gasteiger charge is -2.13. The summed E-state index contributed by atoms with van der Waals surface area (Å²) in [5.41, 5.74) is 1.000. The van der Waals surface area contributed by atoms with Gasteiger partial charge in [-0.15, -0.1) is 11.3 Å². The van der Waals surface area contributed by atoms with Crippen LogP contribution in [0.1, 0.15) is 13.0 Å². The van der Waals surface area contributed by atoms with E-state index in [2.05, 4.69) is 20.4 Å². The number of carbonyl (C=O) groups is 1. The topological polar surface area (TPSA) is 89.8 Å². The van der Waals surface area contributed by atoms with Crippen LogP contribution in [0, 0.1) is 0 Å². The molecule has 0 radical (unpaired) electrons. The summed E-state index contributed by atoms with van der Waals surface area (Å²) in [6, 6.07) is 5.86. The Morgan fingerprint density at radius 2 is 2.17 bits per heavy atom. The third-order valence-electron chi connectivity index (χ3n) is 3.19. The highest BCUT2D eigenvalue weighted by Crippen LogP contribution is 2.16. The van der Waals surface area contributed by atoms with Gasteiger partial charge in [-0.1, -0.05) is 0 Å². The molecule has 1 unspecified atom stereocenters. The average Bonchev–Trinajstić information content (AvgIpc) is 3.08. The van der Waals surface area contributed by atoms with E-state index in [1.54, 1.807) is 43.0 Å². The first-order valence-corrected chi connectivity index (χ1v) is 7.74. The lowest BCUT2D eigenvalue weighted by molar-refractivity contribution is -0.119. The van der Waals surface area contributed by atoms with E-state index in [0.717, 1.165) is 10.2 Å². The van der Waals surface area contributed by atoms with Crippen LogP contribution in [-0.2, 0) is 4.79 Å². The number of anilines is 1. The van der Waals surface area contributed by atoms with E-state index in [9.17, 15) is 9.59 Å². The molecule has 3 aromatic heterocycles. The largest absolute Gasteiger partial charge is 0.300 e. The molecule has 0 bridgehead atoms. The number of carbonyl (C=O) groups excluding carboxylic acids is 1. The van der Waals surface area contributed by atoms with Crippen molar-refractivity contribution in [3.63, 3.8) is 0 Å². The van der Waals surface area contributed by atoms with Crippen molar-refractivity contribution >= 4 is 22.4 Å². The Balaban J connectivity index is 1.89. The second-order valence-corrected chi connectivity index (χ2v) is 5.64. The molecule has 7 nitrogen and oxygen atoms in total. The normalized spacial score (nSPS) is 11.9. The molecule has 3 heterocycles. The summed E-state index contributed by atoms with van der Waals surface area (Å²) >= 11 is 1.31. The summed E-state index contributed by atoms with van der Waals surface area (Å²) in [6.07, 6.45) is 4.90. The molecule has 0 spiro atoms. The first-order chi connectivity index (χ1) is 11.1. The van der Waals surface area contributed by atoms with Crippen LogP contribution in [0.5, 0.6) is 0 Å². The molecule has 1 atom stereocenters. The van der Waals surface area contributed by atoms with Crippen LogP contribution in [-0.4, -0.2) is 25.7 Å². The van der Waals surface area contributed by atoms with E-state index in [-0.39, 0.29) is 11.5 Å². The van der Waals surface area contributed by atoms with E-state index >= 15 is 0 Å². The number of hydrogen-bond acceptors (Lipinski definition) is 6. The van der Waals surface area contributed by atoms with Gasteiger partial charge >= 0.3 is 0 Å². The summed E-state index contributed by atoms with van der Waals surface area (Å²) in [4.78, 5) is 32.3. The number of thiazole rings is 1. The van der Waals surface area contributed by atoms with Crippen molar-refractivity contribution in [2.45, 2.75) is 13.0 Å². The van der Waals surface area contributed by atoms with Crippen LogP contribution < -0.4 is 10.9 Å².